The van der Waals surface area contributed by atoms with Crippen LogP contribution in [0.2, 0.25) is 0 Å². The fourth-order valence-electron chi connectivity index (χ4n) is 2.66. The first-order valence-electron chi connectivity index (χ1n) is 6.60. The van der Waals surface area contributed by atoms with Crippen LogP contribution in [0, 0.1) is 0 Å². The Balaban J connectivity index is 0.00000180. The number of hydrogen-bond donors (Lipinski definition) is 2. The van der Waals surface area contributed by atoms with Gasteiger partial charge in [-0.2, -0.15) is 11.8 Å². The maximum Gasteiger partial charge on any atom is 0.190 e. The third kappa shape index (κ3) is 4.37. The molecule has 2 heterocycles. The van der Waals surface area contributed by atoms with Crippen molar-refractivity contribution in [1.29, 1.82) is 0 Å². The first kappa shape index (κ1) is 17.3. The zero-order chi connectivity index (χ0) is 12.8. The van der Waals surface area contributed by atoms with Crippen LogP contribution in [-0.2, 0) is 4.74 Å². The average molecular weight is 400 g/mol. The molecule has 2 fully saturated rings. The number of halogens is 1. The van der Waals surface area contributed by atoms with Gasteiger partial charge in [0.25, 0.3) is 0 Å². The molecule has 0 aromatic rings. The maximum atomic E-state index is 5.47. The number of aliphatic imine (C=N–C) groups is 1. The van der Waals surface area contributed by atoms with Gasteiger partial charge in [0, 0.05) is 45.0 Å². The first-order chi connectivity index (χ1) is 8.80. The van der Waals surface area contributed by atoms with Gasteiger partial charge in [-0.1, -0.05) is 0 Å². The molecule has 1 unspecified atom stereocenters. The molecule has 2 aliphatic heterocycles. The Morgan fingerprint density at radius 1 is 1.42 bits per heavy atom. The van der Waals surface area contributed by atoms with Crippen LogP contribution < -0.4 is 10.6 Å². The highest BCUT2D eigenvalue weighted by atomic mass is 127. The average Bonchev–Trinajstić information content (AvgIpc) is 2.91. The summed E-state index contributed by atoms with van der Waals surface area (Å²) in [6.45, 7) is 4.81. The zero-order valence-corrected chi connectivity index (χ0v) is 14.9. The number of hydrogen-bond acceptors (Lipinski definition) is 4. The van der Waals surface area contributed by atoms with E-state index in [1.54, 1.807) is 0 Å². The molecule has 2 saturated heterocycles. The summed E-state index contributed by atoms with van der Waals surface area (Å²) in [6.07, 6.45) is 1.26. The summed E-state index contributed by atoms with van der Waals surface area (Å²) in [5.74, 6) is 3.34. The van der Waals surface area contributed by atoms with Crippen LogP contribution in [0.15, 0.2) is 4.99 Å². The Kier molecular flexibility index (Phi) is 7.78. The number of ether oxygens (including phenoxy) is 1. The fraction of sp³-hybridized carbons (Fsp3) is 0.917. The van der Waals surface area contributed by atoms with E-state index in [1.165, 1.54) is 17.9 Å². The predicted octanol–water partition coefficient (Wildman–Crippen LogP) is 0.607. The summed E-state index contributed by atoms with van der Waals surface area (Å²) < 4.78 is 5.47. The van der Waals surface area contributed by atoms with E-state index in [-0.39, 0.29) is 29.5 Å². The minimum absolute atomic E-state index is 0. The van der Waals surface area contributed by atoms with E-state index in [1.807, 2.05) is 14.1 Å². The molecular formula is C12H25IN4OS. The minimum atomic E-state index is 0. The van der Waals surface area contributed by atoms with Gasteiger partial charge in [0.2, 0.25) is 0 Å². The van der Waals surface area contributed by atoms with Crippen molar-refractivity contribution in [3.8, 4) is 0 Å². The highest BCUT2D eigenvalue weighted by Crippen LogP contribution is 2.33. The molecule has 0 aliphatic carbocycles. The zero-order valence-electron chi connectivity index (χ0n) is 11.8. The van der Waals surface area contributed by atoms with Crippen molar-refractivity contribution in [1.82, 2.24) is 15.5 Å². The summed E-state index contributed by atoms with van der Waals surface area (Å²) >= 11 is 2.06. The lowest BCUT2D eigenvalue weighted by atomic mass is 9.95. The lowest BCUT2D eigenvalue weighted by Crippen LogP contribution is -2.59. The van der Waals surface area contributed by atoms with Crippen LogP contribution in [0.25, 0.3) is 0 Å². The van der Waals surface area contributed by atoms with Crippen molar-refractivity contribution >= 4 is 41.7 Å². The number of rotatable bonds is 3. The Hall–Kier alpha value is 0.270. The molecule has 5 nitrogen and oxygen atoms in total. The number of nitrogens with one attached hydrogen (secondary N) is 2. The first-order valence-corrected chi connectivity index (χ1v) is 7.75. The molecule has 0 aromatic carbocycles. The molecule has 0 aromatic heterocycles. The predicted molar refractivity (Wildman–Crippen MR) is 92.9 cm³/mol. The minimum Gasteiger partial charge on any atom is -0.379 e. The normalized spacial score (nSPS) is 28.8. The fourth-order valence-corrected chi connectivity index (χ4v) is 4.14. The Morgan fingerprint density at radius 3 is 2.68 bits per heavy atom. The van der Waals surface area contributed by atoms with Crippen LogP contribution in [0.1, 0.15) is 6.42 Å². The summed E-state index contributed by atoms with van der Waals surface area (Å²) in [5, 5.41) is 6.53. The molecule has 7 heteroatoms. The molecule has 19 heavy (non-hydrogen) atoms. The summed E-state index contributed by atoms with van der Waals surface area (Å²) in [5.41, 5.74) is 0.279. The smallest absolute Gasteiger partial charge is 0.190 e. The van der Waals surface area contributed by atoms with Crippen LogP contribution in [0.3, 0.4) is 0 Å². The van der Waals surface area contributed by atoms with Crippen LogP contribution >= 0.6 is 35.7 Å². The molecule has 2 aliphatic rings. The van der Waals surface area contributed by atoms with E-state index < -0.39 is 0 Å². The molecular weight excluding hydrogens is 375 g/mol. The lowest BCUT2D eigenvalue weighted by molar-refractivity contribution is -0.0120. The molecule has 0 radical (unpaired) electrons. The second-order valence-corrected chi connectivity index (χ2v) is 5.91. The SMILES string of the molecule is CN=C(NC)NCC1(N2CCOCC2)CCSC1.I. The van der Waals surface area contributed by atoms with Gasteiger partial charge in [-0.15, -0.1) is 24.0 Å². The lowest BCUT2D eigenvalue weighted by Gasteiger charge is -2.43. The summed E-state index contributed by atoms with van der Waals surface area (Å²) in [4.78, 5) is 6.79. The van der Waals surface area contributed by atoms with Crippen LogP contribution in [0.5, 0.6) is 0 Å². The van der Waals surface area contributed by atoms with Gasteiger partial charge in [-0.3, -0.25) is 9.89 Å². The van der Waals surface area contributed by atoms with Crippen molar-refractivity contribution in [2.24, 2.45) is 4.99 Å². The maximum absolute atomic E-state index is 5.47. The van der Waals surface area contributed by atoms with Crippen molar-refractivity contribution in [3.63, 3.8) is 0 Å². The van der Waals surface area contributed by atoms with Gasteiger partial charge in [-0.25, -0.2) is 0 Å². The van der Waals surface area contributed by atoms with Crippen LogP contribution in [0.4, 0.5) is 0 Å². The molecule has 2 N–H and O–H groups in total. The number of thioether (sulfide) groups is 1. The topological polar surface area (TPSA) is 48.9 Å². The molecule has 0 saturated carbocycles. The third-order valence-corrected chi connectivity index (χ3v) is 5.04. The van der Waals surface area contributed by atoms with Gasteiger partial charge < -0.3 is 15.4 Å². The van der Waals surface area contributed by atoms with Gasteiger partial charge >= 0.3 is 0 Å². The molecule has 0 bridgehead atoms. The van der Waals surface area contributed by atoms with Gasteiger partial charge in [-0.05, 0) is 12.2 Å². The number of morpholine rings is 1. The highest BCUT2D eigenvalue weighted by Gasteiger charge is 2.40. The molecule has 0 amide bonds. The van der Waals surface area contributed by atoms with E-state index in [0.717, 1.165) is 38.8 Å². The summed E-state index contributed by atoms with van der Waals surface area (Å²) in [7, 11) is 3.71. The van der Waals surface area contributed by atoms with E-state index in [9.17, 15) is 0 Å². The van der Waals surface area contributed by atoms with E-state index in [0.29, 0.717) is 0 Å². The van der Waals surface area contributed by atoms with Gasteiger partial charge in [0.05, 0.1) is 13.2 Å². The summed E-state index contributed by atoms with van der Waals surface area (Å²) in [6, 6.07) is 0. The van der Waals surface area contributed by atoms with E-state index in [4.69, 9.17) is 4.74 Å². The van der Waals surface area contributed by atoms with Crippen molar-refractivity contribution < 1.29 is 4.74 Å². The van der Waals surface area contributed by atoms with Crippen molar-refractivity contribution in [2.45, 2.75) is 12.0 Å². The second kappa shape index (κ2) is 8.53. The van der Waals surface area contributed by atoms with Gasteiger partial charge in [0.1, 0.15) is 0 Å². The van der Waals surface area contributed by atoms with E-state index >= 15 is 0 Å². The molecule has 112 valence electrons. The molecule has 2 rings (SSSR count). The number of nitrogens with zero attached hydrogens (tertiary/aromatic N) is 2. The van der Waals surface area contributed by atoms with E-state index in [2.05, 4.69) is 32.3 Å². The van der Waals surface area contributed by atoms with Crippen molar-refractivity contribution in [3.05, 3.63) is 0 Å². The molecule has 1 atom stereocenters. The Labute approximate surface area is 137 Å². The highest BCUT2D eigenvalue weighted by molar-refractivity contribution is 14.0. The quantitative estimate of drug-likeness (QED) is 0.413. The standard InChI is InChI=1S/C12H24N4OS.HI/c1-13-11(14-2)15-9-12(3-8-18-10-12)16-4-6-17-7-5-16;/h3-10H2,1-2H3,(H2,13,14,15);1H. The monoisotopic (exact) mass is 400 g/mol. The second-order valence-electron chi connectivity index (χ2n) is 4.80. The van der Waals surface area contributed by atoms with Crippen LogP contribution in [-0.4, -0.2) is 74.8 Å². The largest absolute Gasteiger partial charge is 0.379 e. The van der Waals surface area contributed by atoms with Gasteiger partial charge in [0.15, 0.2) is 5.96 Å². The third-order valence-electron chi connectivity index (χ3n) is 3.81. The number of guanidine groups is 1. The Morgan fingerprint density at radius 2 is 2.16 bits per heavy atom. The molecule has 0 spiro atoms. The Bertz CT molecular complexity index is 291. The van der Waals surface area contributed by atoms with Crippen molar-refractivity contribution in [2.75, 3.05) is 58.4 Å².